The molecule has 228 valence electrons. The normalized spacial score (nSPS) is 17.9. The van der Waals surface area contributed by atoms with E-state index in [1.165, 1.54) is 12.1 Å². The lowest BCUT2D eigenvalue weighted by molar-refractivity contribution is -0.139. The Kier molecular flexibility index (Phi) is 11.6. The molecule has 2 aliphatic rings. The van der Waals surface area contributed by atoms with Crippen molar-refractivity contribution in [2.24, 2.45) is 5.73 Å². The van der Waals surface area contributed by atoms with Crippen LogP contribution in [0, 0.1) is 5.82 Å². The molecular weight excluding hydrogens is 580 g/mol. The zero-order valence-corrected chi connectivity index (χ0v) is 25.4. The third kappa shape index (κ3) is 8.66. The number of benzene rings is 2. The molecule has 0 spiro atoms. The first kappa shape index (κ1) is 32.2. The maximum absolute atomic E-state index is 13.7. The molecule has 0 bridgehead atoms. The molecule has 1 atom stereocenters. The smallest absolute Gasteiger partial charge is 0.245 e. The number of nitrogens with one attached hydrogen (secondary N) is 2. The highest BCUT2D eigenvalue weighted by molar-refractivity contribution is 6.35. The van der Waals surface area contributed by atoms with Crippen molar-refractivity contribution in [3.8, 4) is 0 Å². The van der Waals surface area contributed by atoms with E-state index in [1.54, 1.807) is 35.2 Å². The number of hydrogen-bond acceptors (Lipinski definition) is 5. The lowest BCUT2D eigenvalue weighted by Gasteiger charge is -2.50. The van der Waals surface area contributed by atoms with Gasteiger partial charge in [-0.2, -0.15) is 0 Å². The summed E-state index contributed by atoms with van der Waals surface area (Å²) in [7, 11) is 0. The van der Waals surface area contributed by atoms with Gasteiger partial charge in [0.15, 0.2) is 0 Å². The highest BCUT2D eigenvalue weighted by atomic mass is 35.5. The summed E-state index contributed by atoms with van der Waals surface area (Å²) >= 11 is 12.4. The van der Waals surface area contributed by atoms with Crippen molar-refractivity contribution in [2.45, 2.75) is 62.9 Å². The minimum absolute atomic E-state index is 0.124. The summed E-state index contributed by atoms with van der Waals surface area (Å²) in [5, 5.41) is 6.91. The Labute approximate surface area is 257 Å². The Hall–Kier alpha value is -2.72. The van der Waals surface area contributed by atoms with Crippen LogP contribution in [0.15, 0.2) is 42.5 Å². The lowest BCUT2D eigenvalue weighted by atomic mass is 9.79. The van der Waals surface area contributed by atoms with Crippen molar-refractivity contribution in [3.63, 3.8) is 0 Å². The zero-order valence-electron chi connectivity index (χ0n) is 23.8. The van der Waals surface area contributed by atoms with E-state index in [0.29, 0.717) is 48.3 Å². The summed E-state index contributed by atoms with van der Waals surface area (Å²) in [4.78, 5) is 43.1. The molecule has 4 N–H and O–H groups in total. The largest absolute Gasteiger partial charge is 0.354 e. The second kappa shape index (κ2) is 15.1. The SMILES string of the molecule is NCCC(=O)NC(Cc1ccc(Cl)cc1Cl)C(=O)N1CCN(C2(CNC(=O)Cc3cccc(F)c3)CCCCC2)CC1. The first-order valence-electron chi connectivity index (χ1n) is 14.7. The summed E-state index contributed by atoms with van der Waals surface area (Å²) in [6.45, 7) is 3.05. The fraction of sp³-hybridized carbons (Fsp3) is 0.516. The number of amides is 3. The molecule has 11 heteroatoms. The van der Waals surface area contributed by atoms with Gasteiger partial charge in [-0.05, 0) is 48.2 Å². The van der Waals surface area contributed by atoms with Crippen molar-refractivity contribution < 1.29 is 18.8 Å². The third-order valence-corrected chi connectivity index (χ3v) is 8.95. The molecule has 1 saturated carbocycles. The van der Waals surface area contributed by atoms with Gasteiger partial charge >= 0.3 is 0 Å². The average molecular weight is 621 g/mol. The standard InChI is InChI=1S/C31H40Cl2FN5O3/c32-24-8-7-23(26(33)20-24)19-27(37-28(40)9-12-35)30(42)38-13-15-39(16-14-38)31(10-2-1-3-11-31)21-36-29(41)18-22-5-4-6-25(34)17-22/h4-8,17,20,27H,1-3,9-16,18-19,21,35H2,(H,36,41)(H,37,40). The Morgan fingerprint density at radius 1 is 0.976 bits per heavy atom. The fourth-order valence-corrected chi connectivity index (χ4v) is 6.58. The summed E-state index contributed by atoms with van der Waals surface area (Å²) in [6.07, 6.45) is 5.75. The van der Waals surface area contributed by atoms with Crippen LogP contribution in [0.2, 0.25) is 10.0 Å². The van der Waals surface area contributed by atoms with Crippen LogP contribution in [0.5, 0.6) is 0 Å². The zero-order chi connectivity index (χ0) is 30.1. The van der Waals surface area contributed by atoms with Crippen LogP contribution in [-0.4, -0.2) is 78.4 Å². The molecule has 2 fully saturated rings. The number of hydrogen-bond donors (Lipinski definition) is 3. The van der Waals surface area contributed by atoms with E-state index in [0.717, 1.165) is 37.7 Å². The van der Waals surface area contributed by atoms with Crippen LogP contribution in [0.3, 0.4) is 0 Å². The maximum Gasteiger partial charge on any atom is 0.245 e. The number of nitrogens with zero attached hydrogens (tertiary/aromatic N) is 2. The van der Waals surface area contributed by atoms with E-state index in [1.807, 2.05) is 0 Å². The van der Waals surface area contributed by atoms with Gasteiger partial charge < -0.3 is 21.3 Å². The van der Waals surface area contributed by atoms with E-state index in [-0.39, 0.29) is 54.9 Å². The quantitative estimate of drug-likeness (QED) is 0.355. The molecule has 4 rings (SSSR count). The van der Waals surface area contributed by atoms with E-state index in [2.05, 4.69) is 15.5 Å². The van der Waals surface area contributed by atoms with Crippen LogP contribution < -0.4 is 16.4 Å². The number of halogens is 3. The molecule has 0 radical (unpaired) electrons. The van der Waals surface area contributed by atoms with E-state index >= 15 is 0 Å². The van der Waals surface area contributed by atoms with Crippen LogP contribution in [0.1, 0.15) is 49.7 Å². The predicted molar refractivity (Wildman–Crippen MR) is 163 cm³/mol. The number of piperazine rings is 1. The van der Waals surface area contributed by atoms with Crippen LogP contribution in [-0.2, 0) is 27.2 Å². The van der Waals surface area contributed by atoms with Gasteiger partial charge in [0.05, 0.1) is 6.42 Å². The van der Waals surface area contributed by atoms with Crippen LogP contribution in [0.4, 0.5) is 4.39 Å². The Morgan fingerprint density at radius 2 is 1.71 bits per heavy atom. The van der Waals surface area contributed by atoms with Gasteiger partial charge in [-0.15, -0.1) is 0 Å². The highest BCUT2D eigenvalue weighted by Crippen LogP contribution is 2.34. The number of carbonyl (C=O) groups is 3. The first-order chi connectivity index (χ1) is 20.2. The third-order valence-electron chi connectivity index (χ3n) is 8.36. The molecule has 2 aromatic rings. The van der Waals surface area contributed by atoms with Crippen molar-refractivity contribution in [3.05, 3.63) is 69.5 Å². The molecule has 1 unspecified atom stereocenters. The van der Waals surface area contributed by atoms with Gasteiger partial charge in [0.25, 0.3) is 0 Å². The predicted octanol–water partition coefficient (Wildman–Crippen LogP) is 3.71. The van der Waals surface area contributed by atoms with Crippen molar-refractivity contribution in [1.82, 2.24) is 20.4 Å². The van der Waals surface area contributed by atoms with Crippen molar-refractivity contribution in [2.75, 3.05) is 39.3 Å². The minimum atomic E-state index is -0.778. The number of carbonyl (C=O) groups excluding carboxylic acids is 3. The lowest BCUT2D eigenvalue weighted by Crippen LogP contribution is -2.63. The molecular formula is C31H40Cl2FN5O3. The molecule has 2 aromatic carbocycles. The highest BCUT2D eigenvalue weighted by Gasteiger charge is 2.40. The number of nitrogens with two attached hydrogens (primary N) is 1. The van der Waals surface area contributed by atoms with Gasteiger partial charge in [-0.25, -0.2) is 4.39 Å². The topological polar surface area (TPSA) is 108 Å². The van der Waals surface area contributed by atoms with Gasteiger partial charge in [0.1, 0.15) is 11.9 Å². The second-order valence-corrected chi connectivity index (χ2v) is 12.1. The van der Waals surface area contributed by atoms with Crippen LogP contribution in [0.25, 0.3) is 0 Å². The molecule has 8 nitrogen and oxygen atoms in total. The second-order valence-electron chi connectivity index (χ2n) is 11.3. The molecule has 3 amide bonds. The molecule has 1 aliphatic carbocycles. The molecule has 42 heavy (non-hydrogen) atoms. The summed E-state index contributed by atoms with van der Waals surface area (Å²) < 4.78 is 13.6. The van der Waals surface area contributed by atoms with Gasteiger partial charge in [-0.1, -0.05) is 60.7 Å². The Morgan fingerprint density at radius 3 is 2.38 bits per heavy atom. The van der Waals surface area contributed by atoms with Gasteiger partial charge in [-0.3, -0.25) is 19.3 Å². The summed E-state index contributed by atoms with van der Waals surface area (Å²) in [5.41, 5.74) is 6.75. The molecule has 1 heterocycles. The van der Waals surface area contributed by atoms with Crippen molar-refractivity contribution >= 4 is 40.9 Å². The maximum atomic E-state index is 13.7. The number of rotatable bonds is 11. The summed E-state index contributed by atoms with van der Waals surface area (Å²) in [6, 6.07) is 10.5. The van der Waals surface area contributed by atoms with Crippen LogP contribution >= 0.6 is 23.2 Å². The van der Waals surface area contributed by atoms with E-state index in [9.17, 15) is 18.8 Å². The van der Waals surface area contributed by atoms with E-state index < -0.39 is 6.04 Å². The summed E-state index contributed by atoms with van der Waals surface area (Å²) in [5.74, 6) is -0.924. The molecule has 1 aliphatic heterocycles. The van der Waals surface area contributed by atoms with Crippen molar-refractivity contribution in [1.29, 1.82) is 0 Å². The van der Waals surface area contributed by atoms with Gasteiger partial charge in [0, 0.05) is 67.7 Å². The monoisotopic (exact) mass is 619 g/mol. The minimum Gasteiger partial charge on any atom is -0.354 e. The average Bonchev–Trinajstić information content (AvgIpc) is 2.97. The Balaban J connectivity index is 1.39. The first-order valence-corrected chi connectivity index (χ1v) is 15.4. The molecule has 0 aromatic heterocycles. The Bertz CT molecular complexity index is 1250. The van der Waals surface area contributed by atoms with E-state index in [4.69, 9.17) is 28.9 Å². The molecule has 1 saturated heterocycles. The van der Waals surface area contributed by atoms with Gasteiger partial charge in [0.2, 0.25) is 17.7 Å². The fourth-order valence-electron chi connectivity index (χ4n) is 6.10.